The Morgan fingerprint density at radius 2 is 1.77 bits per heavy atom. The minimum atomic E-state index is 0.241. The van der Waals surface area contributed by atoms with E-state index in [2.05, 4.69) is 5.32 Å². The molecule has 26 heavy (non-hydrogen) atoms. The number of imidazole rings is 1. The molecule has 2 aromatic heterocycles. The second kappa shape index (κ2) is 6.80. The Hall–Kier alpha value is -3.47. The van der Waals surface area contributed by atoms with Gasteiger partial charge in [0.15, 0.2) is 0 Å². The number of ether oxygens (including phenoxy) is 1. The summed E-state index contributed by atoms with van der Waals surface area (Å²) in [5.74, 6) is 2.00. The number of phenols is 1. The molecule has 0 fully saturated rings. The highest BCUT2D eigenvalue weighted by Gasteiger charge is 2.13. The van der Waals surface area contributed by atoms with Crippen molar-refractivity contribution in [2.45, 2.75) is 6.54 Å². The van der Waals surface area contributed by atoms with Crippen LogP contribution in [0.1, 0.15) is 5.56 Å². The van der Waals surface area contributed by atoms with Crippen molar-refractivity contribution < 1.29 is 9.84 Å². The maximum Gasteiger partial charge on any atom is 0.139 e. The van der Waals surface area contributed by atoms with Crippen molar-refractivity contribution in [3.63, 3.8) is 0 Å². The average molecular weight is 345 g/mol. The molecule has 2 N–H and O–H groups in total. The molecule has 0 aliphatic rings. The summed E-state index contributed by atoms with van der Waals surface area (Å²) < 4.78 is 7.24. The van der Waals surface area contributed by atoms with Crippen molar-refractivity contribution in [2.75, 3.05) is 12.4 Å². The summed E-state index contributed by atoms with van der Waals surface area (Å²) in [7, 11) is 1.66. The van der Waals surface area contributed by atoms with Gasteiger partial charge < -0.3 is 15.2 Å². The van der Waals surface area contributed by atoms with Gasteiger partial charge >= 0.3 is 0 Å². The Labute approximate surface area is 151 Å². The fourth-order valence-corrected chi connectivity index (χ4v) is 2.91. The number of nitrogens with zero attached hydrogens (tertiary/aromatic N) is 2. The van der Waals surface area contributed by atoms with Gasteiger partial charge in [0, 0.05) is 18.3 Å². The van der Waals surface area contributed by atoms with Gasteiger partial charge in [-0.3, -0.25) is 4.40 Å². The van der Waals surface area contributed by atoms with Crippen LogP contribution in [0.2, 0.25) is 0 Å². The highest BCUT2D eigenvalue weighted by Crippen LogP contribution is 2.30. The quantitative estimate of drug-likeness (QED) is 0.565. The zero-order valence-corrected chi connectivity index (χ0v) is 14.4. The van der Waals surface area contributed by atoms with Gasteiger partial charge in [-0.25, -0.2) is 4.98 Å². The summed E-state index contributed by atoms with van der Waals surface area (Å²) in [6.07, 6.45) is 1.99. The second-order valence-electron chi connectivity index (χ2n) is 5.99. The van der Waals surface area contributed by atoms with E-state index < -0.39 is 0 Å². The highest BCUT2D eigenvalue weighted by molar-refractivity contribution is 5.76. The van der Waals surface area contributed by atoms with Crippen molar-refractivity contribution in [3.05, 3.63) is 78.5 Å². The zero-order chi connectivity index (χ0) is 17.9. The van der Waals surface area contributed by atoms with Crippen molar-refractivity contribution in [1.29, 1.82) is 0 Å². The molecule has 0 spiro atoms. The summed E-state index contributed by atoms with van der Waals surface area (Å²) in [6, 6.07) is 21.0. The van der Waals surface area contributed by atoms with E-state index in [4.69, 9.17) is 9.72 Å². The summed E-state index contributed by atoms with van der Waals surface area (Å²) in [6.45, 7) is 0.664. The second-order valence-corrected chi connectivity index (χ2v) is 5.99. The molecular weight excluding hydrogens is 326 g/mol. The molecule has 4 aromatic rings. The van der Waals surface area contributed by atoms with E-state index in [0.29, 0.717) is 6.54 Å². The average Bonchev–Trinajstić information content (AvgIpc) is 3.06. The Morgan fingerprint density at radius 3 is 2.50 bits per heavy atom. The molecule has 0 aliphatic carbocycles. The normalized spacial score (nSPS) is 10.8. The maximum atomic E-state index is 9.56. The molecule has 130 valence electrons. The predicted molar refractivity (Wildman–Crippen MR) is 103 cm³/mol. The molecule has 0 unspecified atom stereocenters. The number of methoxy groups -OCH3 is 1. The monoisotopic (exact) mass is 345 g/mol. The van der Waals surface area contributed by atoms with Gasteiger partial charge in [0.05, 0.1) is 7.11 Å². The van der Waals surface area contributed by atoms with Gasteiger partial charge in [0.25, 0.3) is 0 Å². The van der Waals surface area contributed by atoms with Crippen LogP contribution in [0.25, 0.3) is 16.9 Å². The number of pyridine rings is 1. The maximum absolute atomic E-state index is 9.56. The molecule has 0 amide bonds. The first-order valence-electron chi connectivity index (χ1n) is 8.38. The van der Waals surface area contributed by atoms with Crippen molar-refractivity contribution in [1.82, 2.24) is 9.38 Å². The Kier molecular flexibility index (Phi) is 4.19. The van der Waals surface area contributed by atoms with Crippen LogP contribution in [0, 0.1) is 0 Å². The minimum Gasteiger partial charge on any atom is -0.508 e. The summed E-state index contributed by atoms with van der Waals surface area (Å²) in [4.78, 5) is 4.75. The van der Waals surface area contributed by atoms with Gasteiger partial charge in [-0.1, -0.05) is 18.2 Å². The van der Waals surface area contributed by atoms with Crippen LogP contribution >= 0.6 is 0 Å². The van der Waals surface area contributed by atoms with E-state index in [-0.39, 0.29) is 5.75 Å². The third kappa shape index (κ3) is 3.07. The molecule has 4 rings (SSSR count). The van der Waals surface area contributed by atoms with E-state index in [9.17, 15) is 5.11 Å². The third-order valence-corrected chi connectivity index (χ3v) is 4.29. The zero-order valence-electron chi connectivity index (χ0n) is 14.4. The molecule has 2 heterocycles. The van der Waals surface area contributed by atoms with Gasteiger partial charge in [0.1, 0.15) is 28.7 Å². The highest BCUT2D eigenvalue weighted by atomic mass is 16.5. The molecule has 0 saturated heterocycles. The van der Waals surface area contributed by atoms with Gasteiger partial charge in [-0.05, 0) is 54.1 Å². The Balaban J connectivity index is 1.70. The first-order valence-corrected chi connectivity index (χ1v) is 8.38. The summed E-state index contributed by atoms with van der Waals surface area (Å²) >= 11 is 0. The van der Waals surface area contributed by atoms with Crippen LogP contribution < -0.4 is 10.1 Å². The number of phenolic OH excluding ortho intramolecular Hbond substituents is 1. The number of benzene rings is 2. The topological polar surface area (TPSA) is 58.8 Å². The SMILES string of the molecule is COc1ccc(CNc2c(-c3ccc(O)cc3)nc3ccccn23)cc1. The number of hydrogen-bond acceptors (Lipinski definition) is 4. The molecule has 0 radical (unpaired) electrons. The number of nitrogens with one attached hydrogen (secondary N) is 1. The largest absolute Gasteiger partial charge is 0.508 e. The van der Waals surface area contributed by atoms with E-state index in [1.165, 1.54) is 0 Å². The number of aromatic hydroxyl groups is 1. The van der Waals surface area contributed by atoms with Crippen molar-refractivity contribution >= 4 is 11.5 Å². The van der Waals surface area contributed by atoms with E-state index in [0.717, 1.165) is 34.0 Å². The molecule has 0 saturated carbocycles. The van der Waals surface area contributed by atoms with Crippen molar-refractivity contribution in [3.8, 4) is 22.8 Å². The smallest absolute Gasteiger partial charge is 0.139 e. The summed E-state index contributed by atoms with van der Waals surface area (Å²) in [5.41, 5.74) is 3.81. The Bertz CT molecular complexity index is 1020. The van der Waals surface area contributed by atoms with Gasteiger partial charge in [-0.15, -0.1) is 0 Å². The third-order valence-electron chi connectivity index (χ3n) is 4.29. The van der Waals surface area contributed by atoms with Gasteiger partial charge in [0.2, 0.25) is 0 Å². The first kappa shape index (κ1) is 16.0. The van der Waals surface area contributed by atoms with Gasteiger partial charge in [-0.2, -0.15) is 0 Å². The number of fused-ring (bicyclic) bond motifs is 1. The van der Waals surface area contributed by atoms with Crippen LogP contribution in [0.4, 0.5) is 5.82 Å². The molecule has 0 aliphatic heterocycles. The lowest BCUT2D eigenvalue weighted by Gasteiger charge is -2.10. The Morgan fingerprint density at radius 1 is 1.00 bits per heavy atom. The molecule has 2 aromatic carbocycles. The van der Waals surface area contributed by atoms with Crippen molar-refractivity contribution in [2.24, 2.45) is 0 Å². The lowest BCUT2D eigenvalue weighted by atomic mass is 10.1. The fraction of sp³-hybridized carbons (Fsp3) is 0.0952. The van der Waals surface area contributed by atoms with E-state index in [1.807, 2.05) is 65.2 Å². The lowest BCUT2D eigenvalue weighted by molar-refractivity contribution is 0.414. The molecule has 5 nitrogen and oxygen atoms in total. The molecular formula is C21H19N3O2. The number of hydrogen-bond donors (Lipinski definition) is 2. The molecule has 0 atom stereocenters. The predicted octanol–water partition coefficient (Wildman–Crippen LogP) is 4.33. The number of anilines is 1. The minimum absolute atomic E-state index is 0.241. The number of aromatic nitrogens is 2. The number of rotatable bonds is 5. The molecule has 0 bridgehead atoms. The van der Waals surface area contributed by atoms with Crippen LogP contribution in [0.15, 0.2) is 72.9 Å². The van der Waals surface area contributed by atoms with E-state index >= 15 is 0 Å². The lowest BCUT2D eigenvalue weighted by Crippen LogP contribution is -2.03. The van der Waals surface area contributed by atoms with Crippen LogP contribution in [-0.4, -0.2) is 21.6 Å². The molecule has 5 heteroatoms. The van der Waals surface area contributed by atoms with Crippen LogP contribution in [0.3, 0.4) is 0 Å². The summed E-state index contributed by atoms with van der Waals surface area (Å²) in [5, 5.41) is 13.1. The van der Waals surface area contributed by atoms with Crippen LogP contribution in [0.5, 0.6) is 11.5 Å². The fourth-order valence-electron chi connectivity index (χ4n) is 2.91. The standard InChI is InChI=1S/C21H19N3O2/c1-26-18-11-5-15(6-12-18)14-22-21-20(16-7-9-17(25)10-8-16)23-19-4-2-3-13-24(19)21/h2-13,22,25H,14H2,1H3. The van der Waals surface area contributed by atoms with E-state index in [1.54, 1.807) is 19.2 Å². The first-order chi connectivity index (χ1) is 12.7. The van der Waals surface area contributed by atoms with Crippen LogP contribution in [-0.2, 0) is 6.54 Å².